The zero-order chi connectivity index (χ0) is 23.0. The highest BCUT2D eigenvalue weighted by Crippen LogP contribution is 2.12. The van der Waals surface area contributed by atoms with Crippen LogP contribution in [-0.2, 0) is 22.6 Å². The van der Waals surface area contributed by atoms with Crippen LogP contribution in [0.1, 0.15) is 31.9 Å². The molecule has 0 saturated carbocycles. The number of likely N-dealkylation sites (N-methyl/N-ethyl adjacent to an activating group) is 1. The first-order chi connectivity index (χ1) is 14.7. The number of halogens is 2. The van der Waals surface area contributed by atoms with Crippen molar-refractivity contribution in [1.29, 1.82) is 0 Å². The topological polar surface area (TPSA) is 100 Å². The number of anilines is 1. The maximum absolute atomic E-state index is 13.6. The first-order valence-corrected chi connectivity index (χ1v) is 10.2. The Bertz CT molecular complexity index is 888. The van der Waals surface area contributed by atoms with Gasteiger partial charge in [-0.3, -0.25) is 14.5 Å². The van der Waals surface area contributed by atoms with Crippen molar-refractivity contribution in [2.45, 2.75) is 45.8 Å². The highest BCUT2D eigenvalue weighted by atomic mass is 19.2. The fourth-order valence-electron chi connectivity index (χ4n) is 3.19. The van der Waals surface area contributed by atoms with Crippen LogP contribution >= 0.6 is 0 Å². The molecule has 0 unspecified atom stereocenters. The molecule has 168 valence electrons. The van der Waals surface area contributed by atoms with E-state index >= 15 is 0 Å². The second kappa shape index (κ2) is 11.4. The molecule has 0 bridgehead atoms. The van der Waals surface area contributed by atoms with Crippen LogP contribution < -0.4 is 16.4 Å². The van der Waals surface area contributed by atoms with Gasteiger partial charge in [-0.15, -0.1) is 0 Å². The average molecular weight is 434 g/mol. The molecule has 2 aromatic rings. The molecule has 1 aromatic heterocycles. The number of hydrogen-bond donors (Lipinski definition) is 3. The van der Waals surface area contributed by atoms with Gasteiger partial charge in [0, 0.05) is 19.2 Å². The third kappa shape index (κ3) is 6.99. The number of pyridine rings is 1. The van der Waals surface area contributed by atoms with Crippen molar-refractivity contribution in [3.05, 3.63) is 59.3 Å². The third-order valence-electron chi connectivity index (χ3n) is 5.11. The van der Waals surface area contributed by atoms with E-state index in [9.17, 15) is 18.4 Å². The van der Waals surface area contributed by atoms with Crippen molar-refractivity contribution in [3.63, 3.8) is 0 Å². The van der Waals surface area contributed by atoms with Crippen molar-refractivity contribution < 1.29 is 18.4 Å². The predicted molar refractivity (Wildman–Crippen MR) is 115 cm³/mol. The normalized spacial score (nSPS) is 13.0. The van der Waals surface area contributed by atoms with Gasteiger partial charge in [0.15, 0.2) is 11.6 Å². The molecule has 0 spiro atoms. The summed E-state index contributed by atoms with van der Waals surface area (Å²) in [5, 5.41) is 5.50. The van der Waals surface area contributed by atoms with Crippen LogP contribution in [0.15, 0.2) is 36.5 Å². The Labute approximate surface area is 181 Å². The van der Waals surface area contributed by atoms with Gasteiger partial charge >= 0.3 is 0 Å². The van der Waals surface area contributed by atoms with Crippen LogP contribution in [0.5, 0.6) is 0 Å². The third-order valence-corrected chi connectivity index (χ3v) is 5.11. The summed E-state index contributed by atoms with van der Waals surface area (Å²) in [6.07, 6.45) is 1.56. The number of benzene rings is 1. The average Bonchev–Trinajstić information content (AvgIpc) is 2.75. The maximum atomic E-state index is 13.6. The predicted octanol–water partition coefficient (Wildman–Crippen LogP) is 2.02. The summed E-state index contributed by atoms with van der Waals surface area (Å²) >= 11 is 0. The Morgan fingerprint density at radius 2 is 1.74 bits per heavy atom. The first kappa shape index (κ1) is 24.2. The maximum Gasteiger partial charge on any atom is 0.243 e. The lowest BCUT2D eigenvalue weighted by Crippen LogP contribution is -2.53. The van der Waals surface area contributed by atoms with E-state index in [2.05, 4.69) is 15.6 Å². The van der Waals surface area contributed by atoms with Gasteiger partial charge in [-0.2, -0.15) is 0 Å². The lowest BCUT2D eigenvalue weighted by atomic mass is 10.0. The number of nitrogens with two attached hydrogens (primary N) is 1. The van der Waals surface area contributed by atoms with Gasteiger partial charge in [-0.05, 0) is 49.3 Å². The molecular weight excluding hydrogens is 404 g/mol. The largest absolute Gasteiger partial charge is 0.384 e. The zero-order valence-corrected chi connectivity index (χ0v) is 18.0. The van der Waals surface area contributed by atoms with Crippen LogP contribution in [0.3, 0.4) is 0 Å². The summed E-state index contributed by atoms with van der Waals surface area (Å²) < 4.78 is 26.9. The molecule has 0 saturated heterocycles. The number of aromatic nitrogens is 1. The standard InChI is InChI=1S/C22H29F2N5O2/c1-4-29(5-2)14(3)21(30)28-19(11-15-6-8-17(23)18(24)10-15)22(31)27-13-16-7-9-20(25)26-12-16/h6-10,12,14,19H,4-5,11,13H2,1-3H3,(H2,25,26)(H,27,31)(H,28,30)/t14-,19-/m0/s1. The molecule has 1 aromatic carbocycles. The van der Waals surface area contributed by atoms with Gasteiger partial charge in [-0.1, -0.05) is 26.0 Å². The molecule has 0 fully saturated rings. The summed E-state index contributed by atoms with van der Waals surface area (Å²) in [7, 11) is 0. The molecule has 0 aliphatic carbocycles. The molecule has 0 aliphatic heterocycles. The van der Waals surface area contributed by atoms with Crippen molar-refractivity contribution in [2.24, 2.45) is 0 Å². The number of nitrogen functional groups attached to an aromatic ring is 1. The lowest BCUT2D eigenvalue weighted by Gasteiger charge is -2.27. The fraction of sp³-hybridized carbons (Fsp3) is 0.409. The number of hydrogen-bond acceptors (Lipinski definition) is 5. The van der Waals surface area contributed by atoms with Gasteiger partial charge < -0.3 is 16.4 Å². The molecule has 0 aliphatic rings. The Morgan fingerprint density at radius 1 is 1.06 bits per heavy atom. The monoisotopic (exact) mass is 433 g/mol. The van der Waals surface area contributed by atoms with Crippen molar-refractivity contribution in [2.75, 3.05) is 18.8 Å². The Kier molecular flexibility index (Phi) is 8.87. The van der Waals surface area contributed by atoms with Gasteiger partial charge in [0.05, 0.1) is 6.04 Å². The van der Waals surface area contributed by atoms with E-state index in [4.69, 9.17) is 5.73 Å². The van der Waals surface area contributed by atoms with Gasteiger partial charge in [-0.25, -0.2) is 13.8 Å². The number of nitrogens with zero attached hydrogens (tertiary/aromatic N) is 2. The van der Waals surface area contributed by atoms with E-state index < -0.39 is 29.6 Å². The van der Waals surface area contributed by atoms with Gasteiger partial charge in [0.25, 0.3) is 0 Å². The lowest BCUT2D eigenvalue weighted by molar-refractivity contribution is -0.131. The van der Waals surface area contributed by atoms with E-state index in [-0.39, 0.29) is 18.9 Å². The summed E-state index contributed by atoms with van der Waals surface area (Å²) in [6, 6.07) is 5.36. The molecule has 0 radical (unpaired) electrons. The summed E-state index contributed by atoms with van der Waals surface area (Å²) in [5.41, 5.74) is 6.69. The van der Waals surface area contributed by atoms with E-state index in [1.807, 2.05) is 18.7 Å². The summed E-state index contributed by atoms with van der Waals surface area (Å²) in [6.45, 7) is 7.18. The minimum Gasteiger partial charge on any atom is -0.384 e. The SMILES string of the molecule is CCN(CC)[C@@H](C)C(=O)N[C@@H](Cc1ccc(F)c(F)c1)C(=O)NCc1ccc(N)nc1. The Hall–Kier alpha value is -3.07. The van der Waals surface area contributed by atoms with Crippen LogP contribution in [0.4, 0.5) is 14.6 Å². The quantitative estimate of drug-likeness (QED) is 0.532. The number of rotatable bonds is 10. The summed E-state index contributed by atoms with van der Waals surface area (Å²) in [5.74, 6) is -2.38. The van der Waals surface area contributed by atoms with Crippen LogP contribution in [0.25, 0.3) is 0 Å². The number of carbonyl (C=O) groups excluding carboxylic acids is 2. The molecule has 2 amide bonds. The zero-order valence-electron chi connectivity index (χ0n) is 18.0. The molecule has 2 rings (SSSR count). The molecule has 4 N–H and O–H groups in total. The molecule has 9 heteroatoms. The Balaban J connectivity index is 2.15. The van der Waals surface area contributed by atoms with Crippen LogP contribution in [-0.4, -0.2) is 46.9 Å². The van der Waals surface area contributed by atoms with Crippen molar-refractivity contribution >= 4 is 17.6 Å². The smallest absolute Gasteiger partial charge is 0.243 e. The molecule has 2 atom stereocenters. The number of nitrogens with one attached hydrogen (secondary N) is 2. The first-order valence-electron chi connectivity index (χ1n) is 10.2. The van der Waals surface area contributed by atoms with E-state index in [1.165, 1.54) is 6.07 Å². The van der Waals surface area contributed by atoms with E-state index in [1.54, 1.807) is 25.3 Å². The number of carbonyl (C=O) groups is 2. The molecule has 1 heterocycles. The second-order valence-corrected chi connectivity index (χ2v) is 7.22. The van der Waals surface area contributed by atoms with E-state index in [0.29, 0.717) is 24.5 Å². The highest BCUT2D eigenvalue weighted by molar-refractivity contribution is 5.89. The number of amides is 2. The summed E-state index contributed by atoms with van der Waals surface area (Å²) in [4.78, 5) is 31.5. The van der Waals surface area contributed by atoms with Gasteiger partial charge in [0.2, 0.25) is 11.8 Å². The Morgan fingerprint density at radius 3 is 2.32 bits per heavy atom. The minimum absolute atomic E-state index is 0.0136. The van der Waals surface area contributed by atoms with Crippen molar-refractivity contribution in [3.8, 4) is 0 Å². The van der Waals surface area contributed by atoms with Crippen LogP contribution in [0.2, 0.25) is 0 Å². The second-order valence-electron chi connectivity index (χ2n) is 7.22. The minimum atomic E-state index is -1.01. The highest BCUT2D eigenvalue weighted by Gasteiger charge is 2.26. The van der Waals surface area contributed by atoms with E-state index in [0.717, 1.165) is 17.7 Å². The molecule has 7 nitrogen and oxygen atoms in total. The van der Waals surface area contributed by atoms with Gasteiger partial charge in [0.1, 0.15) is 11.9 Å². The van der Waals surface area contributed by atoms with Crippen molar-refractivity contribution in [1.82, 2.24) is 20.5 Å². The molecular formula is C22H29F2N5O2. The molecule has 31 heavy (non-hydrogen) atoms. The van der Waals surface area contributed by atoms with Crippen LogP contribution in [0, 0.1) is 11.6 Å². The fourth-order valence-corrected chi connectivity index (χ4v) is 3.19.